The molecule has 258 valence electrons. The van der Waals surface area contributed by atoms with Gasteiger partial charge in [-0.15, -0.1) is 0 Å². The molecule has 4 bridgehead atoms. The van der Waals surface area contributed by atoms with E-state index in [1.807, 2.05) is 0 Å². The van der Waals surface area contributed by atoms with Gasteiger partial charge in [-0.3, -0.25) is 4.79 Å². The molecule has 4 fully saturated rings. The van der Waals surface area contributed by atoms with Gasteiger partial charge < -0.3 is 4.74 Å². The van der Waals surface area contributed by atoms with Crippen LogP contribution in [0.3, 0.4) is 0 Å². The lowest BCUT2D eigenvalue weighted by molar-refractivity contribution is -0.461. The highest BCUT2D eigenvalue weighted by atomic mass is 127. The largest absolute Gasteiger partial charge is 0.460 e. The molecule has 0 amide bonds. The van der Waals surface area contributed by atoms with Crippen LogP contribution in [0.25, 0.3) is 0 Å². The average Bonchev–Trinajstić information content (AvgIpc) is 2.83. The molecule has 0 spiro atoms. The van der Waals surface area contributed by atoms with E-state index in [0.717, 1.165) is 6.42 Å². The predicted molar refractivity (Wildman–Crippen MR) is 124 cm³/mol. The quantitative estimate of drug-likeness (QED) is 0.0902. The minimum Gasteiger partial charge on any atom is -0.457 e. The third kappa shape index (κ3) is 5.05. The highest BCUT2D eigenvalue weighted by Gasteiger charge is 2.95. The Balaban J connectivity index is 1.89. The Hall–Kier alpha value is -0.990. The third-order valence-electron chi connectivity index (χ3n) is 9.07. The minimum absolute atomic E-state index is 0.270. The van der Waals surface area contributed by atoms with Gasteiger partial charge in [0.2, 0.25) is 0 Å². The van der Waals surface area contributed by atoms with Gasteiger partial charge in [0.15, 0.2) is 0 Å². The van der Waals surface area contributed by atoms with Crippen LogP contribution in [-0.4, -0.2) is 63.1 Å². The van der Waals surface area contributed by atoms with E-state index in [1.165, 1.54) is 0 Å². The summed E-state index contributed by atoms with van der Waals surface area (Å²) in [5.74, 6) is -59.2. The molecule has 0 saturated heterocycles. The van der Waals surface area contributed by atoms with E-state index >= 15 is 0 Å². The Bertz CT molecular complexity index is 1070. The highest BCUT2D eigenvalue weighted by Crippen LogP contribution is 2.65. The number of ether oxygens (including phenoxy) is 1. The lowest BCUT2D eigenvalue weighted by Crippen LogP contribution is -2.74. The zero-order chi connectivity index (χ0) is 34.5. The first-order chi connectivity index (χ1) is 19.4. The smallest absolute Gasteiger partial charge is 0.457 e. The fourth-order valence-corrected chi connectivity index (χ4v) is 7.70. The van der Waals surface area contributed by atoms with Gasteiger partial charge in [-0.1, -0.05) is 36.4 Å². The van der Waals surface area contributed by atoms with Crippen molar-refractivity contribution >= 4 is 28.6 Å². The summed E-state index contributed by atoms with van der Waals surface area (Å²) >= 11 is 0.701. The summed E-state index contributed by atoms with van der Waals surface area (Å²) in [4.78, 5) is 12.8. The Kier molecular flexibility index (Phi) is 9.17. The molecule has 0 aromatic carbocycles. The Morgan fingerprint density at radius 1 is 0.636 bits per heavy atom. The van der Waals surface area contributed by atoms with Gasteiger partial charge in [-0.25, -0.2) is 0 Å². The van der Waals surface area contributed by atoms with Gasteiger partial charge in [-0.05, 0) is 61.7 Å². The second kappa shape index (κ2) is 10.8. The second-order valence-electron chi connectivity index (χ2n) is 12.1. The molecule has 4 aliphatic carbocycles. The van der Waals surface area contributed by atoms with Crippen molar-refractivity contribution in [1.29, 1.82) is 0 Å². The van der Waals surface area contributed by atoms with Crippen LogP contribution in [0.15, 0.2) is 0 Å². The van der Waals surface area contributed by atoms with Gasteiger partial charge in [0.1, 0.15) is 9.53 Å². The molecule has 20 heteroatoms. The molecular weight excluding hydrogens is 770 g/mol. The maximum atomic E-state index is 14.5. The van der Waals surface area contributed by atoms with Crippen molar-refractivity contribution in [1.82, 2.24) is 0 Å². The molecule has 1 unspecified atom stereocenters. The molecule has 1 atom stereocenters. The Morgan fingerprint density at radius 3 is 1.32 bits per heavy atom. The Labute approximate surface area is 251 Å². The van der Waals surface area contributed by atoms with E-state index in [4.69, 9.17) is 4.74 Å². The summed E-state index contributed by atoms with van der Waals surface area (Å²) in [6.07, 6.45) is -7.49. The molecule has 0 aliphatic heterocycles. The zero-order valence-corrected chi connectivity index (χ0v) is 24.5. The molecule has 0 heterocycles. The summed E-state index contributed by atoms with van der Waals surface area (Å²) in [6, 6.07) is 0. The summed E-state index contributed by atoms with van der Waals surface area (Å²) in [5, 5.41) is 0. The van der Waals surface area contributed by atoms with Crippen LogP contribution in [0.2, 0.25) is 0 Å². The molecule has 0 aromatic heterocycles. The van der Waals surface area contributed by atoms with E-state index in [2.05, 4.69) is 0 Å². The van der Waals surface area contributed by atoms with Crippen LogP contribution in [0.4, 0.5) is 74.6 Å². The van der Waals surface area contributed by atoms with Crippen molar-refractivity contribution in [2.24, 2.45) is 29.6 Å². The van der Waals surface area contributed by atoms with E-state index in [1.54, 1.807) is 13.8 Å². The van der Waals surface area contributed by atoms with E-state index in [9.17, 15) is 79.4 Å². The van der Waals surface area contributed by atoms with Gasteiger partial charge >= 0.3 is 53.6 Å². The molecule has 4 aliphatic rings. The highest BCUT2D eigenvalue weighted by molar-refractivity contribution is 14.1. The van der Waals surface area contributed by atoms with Crippen molar-refractivity contribution in [2.45, 2.75) is 110 Å². The SMILES string of the molecule is CC(C)C1(OC(=O)C(I)CC(F)(F)C(F)(F)C(F)(F)C(F)(F)C(F)(F)C(F)(F)C(F)(F)C(F)(F)F)C2CC3CC(C2)CC1C3. The second-order valence-corrected chi connectivity index (χ2v) is 13.6. The summed E-state index contributed by atoms with van der Waals surface area (Å²) < 4.78 is 234. The normalized spacial score (nSPS) is 29.8. The lowest BCUT2D eigenvalue weighted by Gasteiger charge is -2.62. The third-order valence-corrected chi connectivity index (χ3v) is 10.0. The van der Waals surface area contributed by atoms with Crippen LogP contribution >= 0.6 is 22.6 Å². The van der Waals surface area contributed by atoms with Crippen molar-refractivity contribution < 1.29 is 84.2 Å². The molecule has 2 nitrogen and oxygen atoms in total. The van der Waals surface area contributed by atoms with Crippen molar-refractivity contribution in [3.63, 3.8) is 0 Å². The van der Waals surface area contributed by atoms with Crippen molar-refractivity contribution in [3.05, 3.63) is 0 Å². The van der Waals surface area contributed by atoms with Gasteiger partial charge in [-0.2, -0.15) is 74.6 Å². The monoisotopic (exact) mass is 794 g/mol. The fraction of sp³-hybridized carbons (Fsp3) is 0.958. The summed E-state index contributed by atoms with van der Waals surface area (Å²) in [7, 11) is 0. The maximum Gasteiger partial charge on any atom is 0.460 e. The number of hydrogen-bond acceptors (Lipinski definition) is 2. The topological polar surface area (TPSA) is 26.3 Å². The van der Waals surface area contributed by atoms with Gasteiger partial charge in [0.25, 0.3) is 0 Å². The predicted octanol–water partition coefficient (Wildman–Crippen LogP) is 9.58. The van der Waals surface area contributed by atoms with Crippen LogP contribution in [0, 0.1) is 29.6 Å². The summed E-state index contributed by atoms with van der Waals surface area (Å²) in [6.45, 7) is 3.22. The average molecular weight is 794 g/mol. The molecule has 4 saturated carbocycles. The number of alkyl halides is 18. The van der Waals surface area contributed by atoms with E-state index < -0.39 is 75.5 Å². The van der Waals surface area contributed by atoms with E-state index in [-0.39, 0.29) is 23.7 Å². The molecule has 0 radical (unpaired) electrons. The number of halogens is 18. The number of carbonyl (C=O) groups excluding carboxylic acids is 1. The molecule has 44 heavy (non-hydrogen) atoms. The molecule has 0 aromatic rings. The molecule has 4 rings (SSSR count). The Morgan fingerprint density at radius 2 is 0.977 bits per heavy atom. The molecule has 0 N–H and O–H groups in total. The molecular formula is C24H24F17IO2. The zero-order valence-electron chi connectivity index (χ0n) is 22.3. The maximum absolute atomic E-state index is 14.5. The number of rotatable bonds is 11. The van der Waals surface area contributed by atoms with Crippen LogP contribution < -0.4 is 0 Å². The number of esters is 1. The van der Waals surface area contributed by atoms with Crippen LogP contribution in [0.5, 0.6) is 0 Å². The first kappa shape index (κ1) is 37.5. The number of carbonyl (C=O) groups is 1. The lowest BCUT2D eigenvalue weighted by atomic mass is 9.47. The van der Waals surface area contributed by atoms with Crippen LogP contribution in [0.1, 0.15) is 52.4 Å². The van der Waals surface area contributed by atoms with Gasteiger partial charge in [0.05, 0.1) is 0 Å². The van der Waals surface area contributed by atoms with Crippen molar-refractivity contribution in [2.75, 3.05) is 0 Å². The van der Waals surface area contributed by atoms with Crippen molar-refractivity contribution in [3.8, 4) is 0 Å². The van der Waals surface area contributed by atoms with Crippen LogP contribution in [-0.2, 0) is 9.53 Å². The summed E-state index contributed by atoms with van der Waals surface area (Å²) in [5.41, 5.74) is -1.31. The van der Waals surface area contributed by atoms with E-state index in [0.29, 0.717) is 48.3 Å². The van der Waals surface area contributed by atoms with Gasteiger partial charge in [0, 0.05) is 6.42 Å². The first-order valence-corrected chi connectivity index (χ1v) is 14.2. The first-order valence-electron chi connectivity index (χ1n) is 12.9. The minimum atomic E-state index is -8.69. The standard InChI is InChI=1S/C24H24F17IO2/c1-9(2)17(12-4-10-3-11(6-12)7-13(17)5-10)44-15(43)14(42)8-16(25,26)18(27,28)19(29,30)20(31,32)21(33,34)22(35,36)23(37,38)24(39,40)41/h9-14H,3-8H2,1-2H3. The number of hydrogen-bond donors (Lipinski definition) is 0. The fourth-order valence-electron chi connectivity index (χ4n) is 7.02.